The molecule has 0 saturated carbocycles. The highest BCUT2D eigenvalue weighted by Gasteiger charge is 2.15. The molecule has 5 heteroatoms. The van der Waals surface area contributed by atoms with E-state index in [1.165, 1.54) is 11.1 Å². The van der Waals surface area contributed by atoms with Crippen molar-refractivity contribution >= 4 is 0 Å². The summed E-state index contributed by atoms with van der Waals surface area (Å²) in [6, 6.07) is 18.7. The van der Waals surface area contributed by atoms with Gasteiger partial charge in [0, 0.05) is 26.2 Å². The fraction of sp³-hybridized carbons (Fsp3) is 0.478. The summed E-state index contributed by atoms with van der Waals surface area (Å²) < 4.78 is 11.1. The van der Waals surface area contributed by atoms with Gasteiger partial charge in [-0.3, -0.25) is 4.90 Å². The van der Waals surface area contributed by atoms with E-state index in [0.29, 0.717) is 13.2 Å². The number of aryl methyl sites for hydroxylation is 1. The minimum absolute atomic E-state index is 0.311. The lowest BCUT2D eigenvalue weighted by atomic mass is 10.1. The second-order valence-corrected chi connectivity index (χ2v) is 7.29. The first-order valence-corrected chi connectivity index (χ1v) is 10.2. The predicted octanol–water partition coefficient (Wildman–Crippen LogP) is 2.48. The van der Waals surface area contributed by atoms with Crippen molar-refractivity contribution in [3.8, 4) is 5.75 Å². The molecule has 1 fully saturated rings. The van der Waals surface area contributed by atoms with E-state index in [-0.39, 0.29) is 0 Å². The van der Waals surface area contributed by atoms with Crippen LogP contribution in [-0.2, 0) is 17.7 Å². The molecule has 5 nitrogen and oxygen atoms in total. The van der Waals surface area contributed by atoms with E-state index < -0.39 is 6.10 Å². The Labute approximate surface area is 168 Å². The van der Waals surface area contributed by atoms with Crippen LogP contribution < -0.4 is 10.1 Å². The minimum atomic E-state index is -0.488. The molecular formula is C23H32N2O3. The lowest BCUT2D eigenvalue weighted by Gasteiger charge is -2.28. The van der Waals surface area contributed by atoms with Gasteiger partial charge in [-0.25, -0.2) is 0 Å². The number of nitrogens with zero attached hydrogens (tertiary/aromatic N) is 1. The Morgan fingerprint density at radius 2 is 1.82 bits per heavy atom. The molecule has 0 amide bonds. The maximum absolute atomic E-state index is 10.2. The fourth-order valence-electron chi connectivity index (χ4n) is 3.37. The summed E-state index contributed by atoms with van der Waals surface area (Å²) in [6.07, 6.45) is 1.73. The van der Waals surface area contributed by atoms with Gasteiger partial charge in [-0.2, -0.15) is 0 Å². The van der Waals surface area contributed by atoms with Gasteiger partial charge in [0.25, 0.3) is 0 Å². The predicted molar refractivity (Wildman–Crippen MR) is 112 cm³/mol. The van der Waals surface area contributed by atoms with E-state index in [4.69, 9.17) is 9.47 Å². The number of benzene rings is 2. The summed E-state index contributed by atoms with van der Waals surface area (Å²) in [5, 5.41) is 13.7. The van der Waals surface area contributed by atoms with E-state index in [0.717, 1.165) is 58.0 Å². The number of aliphatic hydroxyl groups excluding tert-OH is 1. The van der Waals surface area contributed by atoms with Crippen molar-refractivity contribution in [3.05, 3.63) is 65.7 Å². The molecule has 0 bridgehead atoms. The van der Waals surface area contributed by atoms with Crippen LogP contribution in [0, 0.1) is 0 Å². The normalized spacial score (nSPS) is 16.0. The van der Waals surface area contributed by atoms with Gasteiger partial charge < -0.3 is 19.9 Å². The zero-order valence-corrected chi connectivity index (χ0v) is 16.6. The molecule has 2 N–H and O–H groups in total. The highest BCUT2D eigenvalue weighted by Crippen LogP contribution is 2.14. The van der Waals surface area contributed by atoms with E-state index in [1.807, 2.05) is 18.2 Å². The van der Waals surface area contributed by atoms with Crippen LogP contribution in [0.5, 0.6) is 5.75 Å². The first-order chi connectivity index (χ1) is 13.8. The van der Waals surface area contributed by atoms with Gasteiger partial charge in [0.2, 0.25) is 0 Å². The number of morpholine rings is 1. The van der Waals surface area contributed by atoms with Crippen LogP contribution in [0.3, 0.4) is 0 Å². The SMILES string of the molecule is OC(COc1cccc(CNCCCc2ccccc2)c1)CN1CCOCC1. The Bertz CT molecular complexity index is 675. The summed E-state index contributed by atoms with van der Waals surface area (Å²) >= 11 is 0. The number of β-amino-alcohol motifs (C(OH)–C–C–N with tert-alkyl or cyclic N) is 1. The zero-order chi connectivity index (χ0) is 19.4. The molecule has 152 valence electrons. The van der Waals surface area contributed by atoms with Crippen molar-refractivity contribution in [1.82, 2.24) is 10.2 Å². The number of hydrogen-bond donors (Lipinski definition) is 2. The van der Waals surface area contributed by atoms with Gasteiger partial charge >= 0.3 is 0 Å². The molecule has 0 spiro atoms. The third-order valence-electron chi connectivity index (χ3n) is 4.90. The first kappa shape index (κ1) is 20.8. The van der Waals surface area contributed by atoms with Crippen LogP contribution in [0.4, 0.5) is 0 Å². The lowest BCUT2D eigenvalue weighted by Crippen LogP contribution is -2.42. The molecule has 2 aromatic rings. The Hall–Kier alpha value is -1.92. The largest absolute Gasteiger partial charge is 0.491 e. The standard InChI is InChI=1S/C23H32N2O3/c26-22(18-25-12-14-27-15-13-25)19-28-23-10-4-8-21(16-23)17-24-11-5-9-20-6-2-1-3-7-20/h1-4,6-8,10,16,22,24,26H,5,9,11-15,17-19H2. The Morgan fingerprint density at radius 3 is 2.64 bits per heavy atom. The average molecular weight is 385 g/mol. The zero-order valence-electron chi connectivity index (χ0n) is 16.6. The maximum atomic E-state index is 10.2. The van der Waals surface area contributed by atoms with Crippen LogP contribution in [-0.4, -0.2) is 62.1 Å². The molecule has 1 atom stereocenters. The molecular weight excluding hydrogens is 352 g/mol. The van der Waals surface area contributed by atoms with Crippen LogP contribution in [0.25, 0.3) is 0 Å². The smallest absolute Gasteiger partial charge is 0.119 e. The quantitative estimate of drug-likeness (QED) is 0.583. The molecule has 1 aliphatic rings. The highest BCUT2D eigenvalue weighted by atomic mass is 16.5. The summed E-state index contributed by atoms with van der Waals surface area (Å²) in [5.74, 6) is 0.810. The Kier molecular flexibility index (Phi) is 8.78. The summed E-state index contributed by atoms with van der Waals surface area (Å²) in [6.45, 7) is 5.99. The Morgan fingerprint density at radius 1 is 1.04 bits per heavy atom. The number of hydrogen-bond acceptors (Lipinski definition) is 5. The molecule has 1 unspecified atom stereocenters. The number of ether oxygens (including phenoxy) is 2. The van der Waals surface area contributed by atoms with Crippen LogP contribution in [0.15, 0.2) is 54.6 Å². The van der Waals surface area contributed by atoms with E-state index in [1.54, 1.807) is 0 Å². The minimum Gasteiger partial charge on any atom is -0.491 e. The first-order valence-electron chi connectivity index (χ1n) is 10.2. The molecule has 0 radical (unpaired) electrons. The van der Waals surface area contributed by atoms with E-state index in [2.05, 4.69) is 46.6 Å². The van der Waals surface area contributed by atoms with Crippen molar-refractivity contribution in [2.75, 3.05) is 46.0 Å². The van der Waals surface area contributed by atoms with Crippen LogP contribution >= 0.6 is 0 Å². The van der Waals surface area contributed by atoms with Gasteiger partial charge in [-0.1, -0.05) is 42.5 Å². The second kappa shape index (κ2) is 11.8. The van der Waals surface area contributed by atoms with Crippen molar-refractivity contribution in [1.29, 1.82) is 0 Å². The van der Waals surface area contributed by atoms with Gasteiger partial charge in [0.05, 0.1) is 13.2 Å². The summed E-state index contributed by atoms with van der Waals surface area (Å²) in [5.41, 5.74) is 2.58. The highest BCUT2D eigenvalue weighted by molar-refractivity contribution is 5.28. The van der Waals surface area contributed by atoms with Gasteiger partial charge in [0.1, 0.15) is 18.5 Å². The molecule has 2 aromatic carbocycles. The molecule has 1 heterocycles. The van der Waals surface area contributed by atoms with E-state index in [9.17, 15) is 5.11 Å². The maximum Gasteiger partial charge on any atom is 0.119 e. The van der Waals surface area contributed by atoms with Crippen LogP contribution in [0.2, 0.25) is 0 Å². The van der Waals surface area contributed by atoms with Gasteiger partial charge in [0.15, 0.2) is 0 Å². The number of aliphatic hydroxyl groups is 1. The summed E-state index contributed by atoms with van der Waals surface area (Å²) in [4.78, 5) is 2.22. The topological polar surface area (TPSA) is 54.0 Å². The van der Waals surface area contributed by atoms with Gasteiger partial charge in [-0.15, -0.1) is 0 Å². The Balaban J connectivity index is 1.32. The molecule has 1 saturated heterocycles. The molecule has 0 aliphatic carbocycles. The summed E-state index contributed by atoms with van der Waals surface area (Å²) in [7, 11) is 0. The molecule has 1 aliphatic heterocycles. The van der Waals surface area contributed by atoms with Crippen molar-refractivity contribution < 1.29 is 14.6 Å². The number of rotatable bonds is 11. The molecule has 28 heavy (non-hydrogen) atoms. The third-order valence-corrected chi connectivity index (χ3v) is 4.90. The second-order valence-electron chi connectivity index (χ2n) is 7.29. The average Bonchev–Trinajstić information content (AvgIpc) is 2.74. The van der Waals surface area contributed by atoms with Crippen LogP contribution in [0.1, 0.15) is 17.5 Å². The lowest BCUT2D eigenvalue weighted by molar-refractivity contribution is 0.00465. The van der Waals surface area contributed by atoms with Crippen molar-refractivity contribution in [3.63, 3.8) is 0 Å². The van der Waals surface area contributed by atoms with Crippen molar-refractivity contribution in [2.45, 2.75) is 25.5 Å². The van der Waals surface area contributed by atoms with Crippen molar-refractivity contribution in [2.24, 2.45) is 0 Å². The number of nitrogens with one attached hydrogen (secondary N) is 1. The molecule has 3 rings (SSSR count). The fourth-order valence-corrected chi connectivity index (χ4v) is 3.37. The monoisotopic (exact) mass is 384 g/mol. The van der Waals surface area contributed by atoms with E-state index >= 15 is 0 Å². The van der Waals surface area contributed by atoms with Gasteiger partial charge in [-0.05, 0) is 42.6 Å². The molecule has 0 aromatic heterocycles. The third kappa shape index (κ3) is 7.60.